The minimum absolute atomic E-state index is 0.262. The van der Waals surface area contributed by atoms with Gasteiger partial charge in [0.15, 0.2) is 0 Å². The zero-order valence-corrected chi connectivity index (χ0v) is 22.1. The molecule has 0 saturated heterocycles. The van der Waals surface area contributed by atoms with Crippen LogP contribution in [0.4, 0.5) is 28.7 Å². The number of anilines is 5. The van der Waals surface area contributed by atoms with Crippen LogP contribution in [-0.2, 0) is 0 Å². The second-order valence-corrected chi connectivity index (χ2v) is 9.19. The number of nitrogens with two attached hydrogens (primary N) is 1. The number of hydrogen-bond donors (Lipinski definition) is 3. The molecule has 2 amide bonds. The lowest BCUT2D eigenvalue weighted by atomic mass is 10.1. The van der Waals surface area contributed by atoms with E-state index < -0.39 is 0 Å². The molecule has 4 N–H and O–H groups in total. The molecule has 0 radical (unpaired) electrons. The summed E-state index contributed by atoms with van der Waals surface area (Å²) in [6.07, 6.45) is 5.06. The van der Waals surface area contributed by atoms with Crippen molar-refractivity contribution >= 4 is 52.1 Å². The van der Waals surface area contributed by atoms with Crippen molar-refractivity contribution in [1.82, 2.24) is 15.0 Å². The van der Waals surface area contributed by atoms with E-state index in [1.165, 1.54) is 4.90 Å². The predicted octanol–water partition coefficient (Wildman–Crippen LogP) is 6.05. The normalized spacial score (nSPS) is 10.6. The number of benzene rings is 3. The van der Waals surface area contributed by atoms with Crippen molar-refractivity contribution in [3.63, 3.8) is 0 Å². The van der Waals surface area contributed by atoms with Gasteiger partial charge in [-0.2, -0.15) is 0 Å². The van der Waals surface area contributed by atoms with Crippen LogP contribution < -0.4 is 21.3 Å². The summed E-state index contributed by atoms with van der Waals surface area (Å²) in [4.78, 5) is 40.3. The molecule has 0 atom stereocenters. The van der Waals surface area contributed by atoms with Gasteiger partial charge in [-0.05, 0) is 72.8 Å². The maximum absolute atomic E-state index is 13.2. The van der Waals surface area contributed by atoms with Gasteiger partial charge in [0.1, 0.15) is 0 Å². The molecule has 2 heterocycles. The number of pyridine rings is 1. The van der Waals surface area contributed by atoms with E-state index in [4.69, 9.17) is 17.3 Å². The van der Waals surface area contributed by atoms with Gasteiger partial charge in [-0.1, -0.05) is 23.7 Å². The minimum atomic E-state index is -0.325. The van der Waals surface area contributed by atoms with Gasteiger partial charge in [-0.25, -0.2) is 9.97 Å². The lowest BCUT2D eigenvalue weighted by Crippen LogP contribution is -2.26. The molecule has 10 heteroatoms. The molecule has 40 heavy (non-hydrogen) atoms. The fourth-order valence-electron chi connectivity index (χ4n) is 3.91. The van der Waals surface area contributed by atoms with Crippen molar-refractivity contribution in [3.05, 3.63) is 120 Å². The number of carbonyl (C=O) groups is 2. The highest BCUT2D eigenvalue weighted by Gasteiger charge is 2.17. The number of aromatic nitrogens is 3. The molecule has 0 bridgehead atoms. The highest BCUT2D eigenvalue weighted by Crippen LogP contribution is 2.30. The topological polar surface area (TPSA) is 126 Å². The third-order valence-corrected chi connectivity index (χ3v) is 6.43. The van der Waals surface area contributed by atoms with Crippen LogP contribution in [0.25, 0.3) is 11.3 Å². The fraction of sp³-hybridized carbons (Fsp3) is 0.0333. The molecule has 0 aliphatic heterocycles. The molecule has 9 nitrogen and oxygen atoms in total. The summed E-state index contributed by atoms with van der Waals surface area (Å²) >= 11 is 6.44. The van der Waals surface area contributed by atoms with E-state index in [2.05, 4.69) is 25.6 Å². The number of nitrogen functional groups attached to an aromatic ring is 1. The highest BCUT2D eigenvalue weighted by atomic mass is 35.5. The van der Waals surface area contributed by atoms with Crippen molar-refractivity contribution < 1.29 is 9.59 Å². The third-order valence-electron chi connectivity index (χ3n) is 6.10. The van der Waals surface area contributed by atoms with Crippen LogP contribution in [-0.4, -0.2) is 33.8 Å². The van der Waals surface area contributed by atoms with Gasteiger partial charge in [0.25, 0.3) is 11.8 Å². The van der Waals surface area contributed by atoms with Crippen LogP contribution in [0, 0.1) is 0 Å². The average Bonchev–Trinajstić information content (AvgIpc) is 2.99. The van der Waals surface area contributed by atoms with Crippen LogP contribution in [0.1, 0.15) is 20.7 Å². The van der Waals surface area contributed by atoms with Crippen molar-refractivity contribution in [1.29, 1.82) is 0 Å². The molecule has 0 saturated carbocycles. The average molecular weight is 550 g/mol. The molecule has 3 aromatic carbocycles. The summed E-state index contributed by atoms with van der Waals surface area (Å²) in [5, 5.41) is 6.35. The van der Waals surface area contributed by atoms with Crippen LogP contribution in [0.15, 0.2) is 104 Å². The first-order valence-corrected chi connectivity index (χ1v) is 12.6. The van der Waals surface area contributed by atoms with Gasteiger partial charge >= 0.3 is 0 Å². The van der Waals surface area contributed by atoms with E-state index in [1.54, 1.807) is 98.4 Å². The largest absolute Gasteiger partial charge is 0.397 e. The SMILES string of the molecule is CN(C(=O)c1ccc(C(=O)Nc2ccccc2N)cc1)c1ccc(Cl)c(Nc2nccc(-c3cccnc3)n2)c1. The molecule has 0 aliphatic carbocycles. The Kier molecular flexibility index (Phi) is 7.65. The molecule has 0 fully saturated rings. The van der Waals surface area contributed by atoms with Crippen molar-refractivity contribution in [2.24, 2.45) is 0 Å². The van der Waals surface area contributed by atoms with Crippen LogP contribution >= 0.6 is 11.6 Å². The number of carbonyl (C=O) groups excluding carboxylic acids is 2. The van der Waals surface area contributed by atoms with E-state index in [0.717, 1.165) is 5.56 Å². The number of halogens is 1. The summed E-state index contributed by atoms with van der Waals surface area (Å²) < 4.78 is 0. The Morgan fingerprint density at radius 1 is 0.875 bits per heavy atom. The maximum atomic E-state index is 13.2. The number of nitrogens with one attached hydrogen (secondary N) is 2. The molecule has 2 aromatic heterocycles. The van der Waals surface area contributed by atoms with Crippen molar-refractivity contribution in [3.8, 4) is 11.3 Å². The second-order valence-electron chi connectivity index (χ2n) is 8.78. The highest BCUT2D eigenvalue weighted by molar-refractivity contribution is 6.33. The van der Waals surface area contributed by atoms with E-state index in [1.807, 2.05) is 12.1 Å². The van der Waals surface area contributed by atoms with E-state index in [-0.39, 0.29) is 11.8 Å². The molecule has 0 aliphatic rings. The van der Waals surface area contributed by atoms with Crippen molar-refractivity contribution in [2.75, 3.05) is 28.3 Å². The third kappa shape index (κ3) is 5.90. The Balaban J connectivity index is 1.30. The number of rotatable bonds is 7. The Labute approximate surface area is 235 Å². The number of nitrogens with zero attached hydrogens (tertiary/aromatic N) is 4. The zero-order valence-electron chi connectivity index (χ0n) is 21.4. The summed E-state index contributed by atoms with van der Waals surface area (Å²) in [7, 11) is 1.66. The standard InChI is InChI=1S/C30H24ClN7O2/c1-38(29(40)20-10-8-19(9-11-20)28(39)35-26-7-3-2-6-24(26)32)22-12-13-23(31)27(17-22)37-30-34-16-14-25(36-30)21-5-4-15-33-18-21/h2-18H,32H2,1H3,(H,35,39)(H,34,36,37). The second kappa shape index (κ2) is 11.6. The Hall–Kier alpha value is -5.28. The zero-order chi connectivity index (χ0) is 28.1. The lowest BCUT2D eigenvalue weighted by Gasteiger charge is -2.19. The van der Waals surface area contributed by atoms with Gasteiger partial charge in [0.2, 0.25) is 5.95 Å². The monoisotopic (exact) mass is 549 g/mol. The lowest BCUT2D eigenvalue weighted by molar-refractivity contribution is 0.0989. The van der Waals surface area contributed by atoms with E-state index in [9.17, 15) is 9.59 Å². The van der Waals surface area contributed by atoms with Gasteiger partial charge in [0.05, 0.1) is 27.8 Å². The maximum Gasteiger partial charge on any atom is 0.258 e. The molecule has 5 rings (SSSR count). The van der Waals surface area contributed by atoms with Gasteiger partial charge < -0.3 is 21.3 Å². The first-order valence-electron chi connectivity index (χ1n) is 12.2. The molecule has 0 unspecified atom stereocenters. The summed E-state index contributed by atoms with van der Waals surface area (Å²) in [5.74, 6) is -0.239. The predicted molar refractivity (Wildman–Crippen MR) is 158 cm³/mol. The van der Waals surface area contributed by atoms with Gasteiger partial charge in [-0.3, -0.25) is 14.6 Å². The Bertz CT molecular complexity index is 1680. The van der Waals surface area contributed by atoms with Crippen LogP contribution in [0.5, 0.6) is 0 Å². The quantitative estimate of drug-likeness (QED) is 0.211. The van der Waals surface area contributed by atoms with E-state index in [0.29, 0.717) is 50.5 Å². The number of amides is 2. The summed E-state index contributed by atoms with van der Waals surface area (Å²) in [5.41, 5.74) is 10.4. The van der Waals surface area contributed by atoms with Gasteiger partial charge in [0, 0.05) is 48.0 Å². The van der Waals surface area contributed by atoms with Gasteiger partial charge in [-0.15, -0.1) is 0 Å². The number of hydrogen-bond acceptors (Lipinski definition) is 7. The Morgan fingerprint density at radius 2 is 1.65 bits per heavy atom. The first kappa shape index (κ1) is 26.3. The van der Waals surface area contributed by atoms with E-state index >= 15 is 0 Å². The summed E-state index contributed by atoms with van der Waals surface area (Å²) in [6.45, 7) is 0. The number of para-hydroxylation sites is 2. The fourth-order valence-corrected chi connectivity index (χ4v) is 4.08. The minimum Gasteiger partial charge on any atom is -0.397 e. The molecule has 5 aromatic rings. The first-order chi connectivity index (χ1) is 19.4. The molecular formula is C30H24ClN7O2. The smallest absolute Gasteiger partial charge is 0.258 e. The summed E-state index contributed by atoms with van der Waals surface area (Å²) in [6, 6.07) is 24.1. The molecular weight excluding hydrogens is 526 g/mol. The Morgan fingerprint density at radius 3 is 2.40 bits per heavy atom. The van der Waals surface area contributed by atoms with Crippen LogP contribution in [0.2, 0.25) is 5.02 Å². The molecule has 198 valence electrons. The van der Waals surface area contributed by atoms with Crippen LogP contribution in [0.3, 0.4) is 0 Å². The molecule has 0 spiro atoms. The van der Waals surface area contributed by atoms with Crippen molar-refractivity contribution in [2.45, 2.75) is 0 Å².